The Morgan fingerprint density at radius 1 is 1.56 bits per heavy atom. The lowest BCUT2D eigenvalue weighted by Gasteiger charge is -1.99. The average Bonchev–Trinajstić information content (AvgIpc) is 2.70. The molecule has 1 heterocycles. The van der Waals surface area contributed by atoms with Gasteiger partial charge in [0, 0.05) is 5.39 Å². The summed E-state index contributed by atoms with van der Waals surface area (Å²) in [4.78, 5) is 11.7. The number of ether oxygens (including phenoxy) is 1. The van der Waals surface area contributed by atoms with Gasteiger partial charge in [0.05, 0.1) is 22.0 Å². The SMILES string of the molecule is COC(=O)c1cc2c(Br)c(F)cc(N)c2s1. The molecule has 2 rings (SSSR count). The van der Waals surface area contributed by atoms with Gasteiger partial charge in [0.15, 0.2) is 0 Å². The van der Waals surface area contributed by atoms with E-state index >= 15 is 0 Å². The van der Waals surface area contributed by atoms with Crippen molar-refractivity contribution in [2.24, 2.45) is 0 Å². The Bertz CT molecular complexity index is 582. The Labute approximate surface area is 103 Å². The fourth-order valence-electron chi connectivity index (χ4n) is 1.36. The summed E-state index contributed by atoms with van der Waals surface area (Å²) < 4.78 is 18.9. The maximum absolute atomic E-state index is 13.4. The van der Waals surface area contributed by atoms with Gasteiger partial charge in [-0.05, 0) is 28.1 Å². The molecule has 1 aromatic carbocycles. The van der Waals surface area contributed by atoms with E-state index in [-0.39, 0.29) is 0 Å². The Balaban J connectivity index is 2.74. The molecule has 6 heteroatoms. The van der Waals surface area contributed by atoms with Crippen LogP contribution in [-0.2, 0) is 4.74 Å². The van der Waals surface area contributed by atoms with E-state index in [4.69, 9.17) is 5.73 Å². The molecule has 0 aliphatic rings. The summed E-state index contributed by atoms with van der Waals surface area (Å²) in [5.41, 5.74) is 5.99. The lowest BCUT2D eigenvalue weighted by atomic mass is 10.2. The predicted octanol–water partition coefficient (Wildman–Crippen LogP) is 3.17. The average molecular weight is 304 g/mol. The van der Waals surface area contributed by atoms with E-state index in [1.54, 1.807) is 6.07 Å². The van der Waals surface area contributed by atoms with Crippen LogP contribution in [0.1, 0.15) is 9.67 Å². The van der Waals surface area contributed by atoms with Crippen LogP contribution in [0.4, 0.5) is 10.1 Å². The van der Waals surface area contributed by atoms with Gasteiger partial charge in [-0.25, -0.2) is 9.18 Å². The minimum Gasteiger partial charge on any atom is -0.465 e. The molecule has 0 atom stereocenters. The van der Waals surface area contributed by atoms with Crippen LogP contribution in [0.5, 0.6) is 0 Å². The van der Waals surface area contributed by atoms with Gasteiger partial charge in [0.2, 0.25) is 0 Å². The number of benzene rings is 1. The smallest absolute Gasteiger partial charge is 0.348 e. The number of hydrogen-bond acceptors (Lipinski definition) is 4. The molecule has 84 valence electrons. The topological polar surface area (TPSA) is 52.3 Å². The number of fused-ring (bicyclic) bond motifs is 1. The highest BCUT2D eigenvalue weighted by atomic mass is 79.9. The molecule has 0 saturated heterocycles. The van der Waals surface area contributed by atoms with Crippen LogP contribution in [0, 0.1) is 5.82 Å². The van der Waals surface area contributed by atoms with E-state index < -0.39 is 11.8 Å². The summed E-state index contributed by atoms with van der Waals surface area (Å²) in [5, 5.41) is 0.586. The zero-order valence-corrected chi connectivity index (χ0v) is 10.6. The van der Waals surface area contributed by atoms with Crippen LogP contribution in [0.2, 0.25) is 0 Å². The highest BCUT2D eigenvalue weighted by molar-refractivity contribution is 9.10. The van der Waals surface area contributed by atoms with Crippen molar-refractivity contribution in [1.29, 1.82) is 0 Å². The third-order valence-corrected chi connectivity index (χ3v) is 4.08. The first-order valence-corrected chi connectivity index (χ1v) is 5.91. The molecule has 0 fully saturated rings. The van der Waals surface area contributed by atoms with Crippen molar-refractivity contribution in [2.75, 3.05) is 12.8 Å². The molecule has 0 aliphatic heterocycles. The van der Waals surface area contributed by atoms with Crippen LogP contribution in [0.15, 0.2) is 16.6 Å². The molecule has 0 amide bonds. The zero-order valence-electron chi connectivity index (χ0n) is 8.21. The van der Waals surface area contributed by atoms with Gasteiger partial charge in [-0.1, -0.05) is 0 Å². The lowest BCUT2D eigenvalue weighted by Crippen LogP contribution is -1.96. The number of carbonyl (C=O) groups excluding carboxylic acids is 1. The summed E-state index contributed by atoms with van der Waals surface area (Å²) in [5.74, 6) is -0.896. The number of esters is 1. The minimum absolute atomic E-state index is 0.308. The van der Waals surface area contributed by atoms with Gasteiger partial charge in [-0.15, -0.1) is 11.3 Å². The normalized spacial score (nSPS) is 10.7. The summed E-state index contributed by atoms with van der Waals surface area (Å²) in [7, 11) is 1.30. The number of halogens is 2. The van der Waals surface area contributed by atoms with Gasteiger partial charge < -0.3 is 10.5 Å². The van der Waals surface area contributed by atoms with E-state index in [1.165, 1.54) is 24.5 Å². The summed E-state index contributed by atoms with van der Waals surface area (Å²) in [6.07, 6.45) is 0. The van der Waals surface area contributed by atoms with E-state index in [0.717, 1.165) is 0 Å². The fourth-order valence-corrected chi connectivity index (χ4v) is 2.93. The van der Waals surface area contributed by atoms with Crippen LogP contribution in [0.25, 0.3) is 10.1 Å². The molecule has 2 N–H and O–H groups in total. The van der Waals surface area contributed by atoms with E-state index in [9.17, 15) is 9.18 Å². The molecule has 1 aromatic heterocycles. The third kappa shape index (κ3) is 1.68. The Morgan fingerprint density at radius 2 is 2.25 bits per heavy atom. The number of anilines is 1. The van der Waals surface area contributed by atoms with Gasteiger partial charge in [0.25, 0.3) is 0 Å². The van der Waals surface area contributed by atoms with E-state index in [0.29, 0.717) is 25.1 Å². The summed E-state index contributed by atoms with van der Waals surface area (Å²) in [6, 6.07) is 2.79. The van der Waals surface area contributed by atoms with Crippen LogP contribution in [-0.4, -0.2) is 13.1 Å². The number of thiophene rings is 1. The van der Waals surface area contributed by atoms with Crippen LogP contribution in [0.3, 0.4) is 0 Å². The van der Waals surface area contributed by atoms with Gasteiger partial charge in [-0.2, -0.15) is 0 Å². The lowest BCUT2D eigenvalue weighted by molar-refractivity contribution is 0.0606. The van der Waals surface area contributed by atoms with Crippen molar-refractivity contribution >= 4 is 49.0 Å². The molecule has 0 bridgehead atoms. The van der Waals surface area contributed by atoms with Crippen molar-refractivity contribution in [1.82, 2.24) is 0 Å². The molecule has 3 nitrogen and oxygen atoms in total. The number of hydrogen-bond donors (Lipinski definition) is 1. The Hall–Kier alpha value is -1.14. The first-order valence-electron chi connectivity index (χ1n) is 4.30. The molecule has 2 aromatic rings. The summed E-state index contributed by atoms with van der Waals surface area (Å²) >= 11 is 4.31. The zero-order chi connectivity index (χ0) is 11.9. The van der Waals surface area contributed by atoms with Crippen molar-refractivity contribution in [2.45, 2.75) is 0 Å². The largest absolute Gasteiger partial charge is 0.465 e. The monoisotopic (exact) mass is 303 g/mol. The van der Waals surface area contributed by atoms with E-state index in [2.05, 4.69) is 20.7 Å². The molecular weight excluding hydrogens is 297 g/mol. The highest BCUT2D eigenvalue weighted by Gasteiger charge is 2.16. The highest BCUT2D eigenvalue weighted by Crippen LogP contribution is 2.37. The third-order valence-electron chi connectivity index (χ3n) is 2.11. The molecular formula is C10H7BrFNO2S. The number of rotatable bonds is 1. The molecule has 0 spiro atoms. The maximum atomic E-state index is 13.4. The Kier molecular flexibility index (Phi) is 2.86. The second-order valence-corrected chi connectivity index (χ2v) is 4.95. The van der Waals surface area contributed by atoms with Crippen molar-refractivity contribution in [3.8, 4) is 0 Å². The van der Waals surface area contributed by atoms with Gasteiger partial charge in [-0.3, -0.25) is 0 Å². The number of nitrogen functional groups attached to an aromatic ring is 1. The first-order chi connectivity index (χ1) is 7.54. The molecule has 0 unspecified atom stereocenters. The van der Waals surface area contributed by atoms with Gasteiger partial charge in [0.1, 0.15) is 10.7 Å². The maximum Gasteiger partial charge on any atom is 0.348 e. The minimum atomic E-state index is -0.451. The molecule has 0 saturated carbocycles. The number of methoxy groups -OCH3 is 1. The first kappa shape index (κ1) is 11.3. The van der Waals surface area contributed by atoms with Crippen LogP contribution >= 0.6 is 27.3 Å². The second-order valence-electron chi connectivity index (χ2n) is 3.11. The van der Waals surface area contributed by atoms with E-state index in [1.807, 2.05) is 0 Å². The fraction of sp³-hybridized carbons (Fsp3) is 0.100. The van der Waals surface area contributed by atoms with Gasteiger partial charge >= 0.3 is 5.97 Å². The van der Waals surface area contributed by atoms with Crippen molar-refractivity contribution in [3.63, 3.8) is 0 Å². The predicted molar refractivity (Wildman–Crippen MR) is 65.2 cm³/mol. The summed E-state index contributed by atoms with van der Waals surface area (Å²) in [6.45, 7) is 0. The Morgan fingerprint density at radius 3 is 2.88 bits per heavy atom. The second kappa shape index (κ2) is 4.03. The standard InChI is InChI=1S/C10H7BrFNO2S/c1-15-10(14)7-2-4-8(11)5(12)3-6(13)9(4)16-7/h2-3H,13H2,1H3. The number of carbonyl (C=O) groups is 1. The van der Waals surface area contributed by atoms with Crippen molar-refractivity contribution < 1.29 is 13.9 Å². The number of nitrogens with two attached hydrogens (primary N) is 1. The molecule has 16 heavy (non-hydrogen) atoms. The quantitative estimate of drug-likeness (QED) is 0.650. The molecule has 0 radical (unpaired) electrons. The molecule has 0 aliphatic carbocycles. The van der Waals surface area contributed by atoms with Crippen molar-refractivity contribution in [3.05, 3.63) is 27.3 Å². The van der Waals surface area contributed by atoms with Crippen LogP contribution < -0.4 is 5.73 Å².